The number of hydrogen-bond donors (Lipinski definition) is 2. The maximum atomic E-state index is 10.9. The third kappa shape index (κ3) is 7.50. The van der Waals surface area contributed by atoms with E-state index in [2.05, 4.69) is 10.6 Å². The Morgan fingerprint density at radius 2 is 2.08 bits per heavy atom. The summed E-state index contributed by atoms with van der Waals surface area (Å²) in [6.45, 7) is 7.06. The lowest BCUT2D eigenvalue weighted by Gasteiger charge is -2.04. The SMILES string of the molecule is CCNCCNC(=O)COCC. The van der Waals surface area contributed by atoms with Crippen LogP contribution < -0.4 is 10.6 Å². The summed E-state index contributed by atoms with van der Waals surface area (Å²) < 4.78 is 4.92. The first kappa shape index (κ1) is 11.4. The second-order valence-electron chi connectivity index (χ2n) is 2.34. The number of amides is 1. The van der Waals surface area contributed by atoms with Crippen LogP contribution in [0.5, 0.6) is 0 Å². The van der Waals surface area contributed by atoms with Gasteiger partial charge in [0.15, 0.2) is 0 Å². The molecule has 0 atom stereocenters. The van der Waals surface area contributed by atoms with Crippen LogP contribution in [0.1, 0.15) is 13.8 Å². The zero-order chi connectivity index (χ0) is 9.23. The van der Waals surface area contributed by atoms with Gasteiger partial charge in [-0.1, -0.05) is 6.92 Å². The number of hydrogen-bond acceptors (Lipinski definition) is 3. The fraction of sp³-hybridized carbons (Fsp3) is 0.875. The third-order valence-electron chi connectivity index (χ3n) is 1.31. The molecule has 1 amide bonds. The van der Waals surface area contributed by atoms with E-state index in [1.807, 2.05) is 13.8 Å². The van der Waals surface area contributed by atoms with Crippen molar-refractivity contribution in [3.8, 4) is 0 Å². The van der Waals surface area contributed by atoms with Crippen LogP contribution >= 0.6 is 0 Å². The summed E-state index contributed by atoms with van der Waals surface area (Å²) >= 11 is 0. The van der Waals surface area contributed by atoms with E-state index in [0.717, 1.165) is 13.1 Å². The van der Waals surface area contributed by atoms with Gasteiger partial charge in [0.25, 0.3) is 0 Å². The Balaban J connectivity index is 3.08. The fourth-order valence-electron chi connectivity index (χ4n) is 0.713. The molecule has 0 saturated carbocycles. The van der Waals surface area contributed by atoms with Gasteiger partial charge in [0, 0.05) is 19.7 Å². The number of likely N-dealkylation sites (N-methyl/N-ethyl adjacent to an activating group) is 1. The first-order valence-corrected chi connectivity index (χ1v) is 4.36. The van der Waals surface area contributed by atoms with E-state index in [9.17, 15) is 4.79 Å². The molecule has 0 fully saturated rings. The van der Waals surface area contributed by atoms with Gasteiger partial charge in [-0.2, -0.15) is 0 Å². The predicted octanol–water partition coefficient (Wildman–Crippen LogP) is -0.251. The molecule has 0 aliphatic rings. The Morgan fingerprint density at radius 1 is 1.33 bits per heavy atom. The molecule has 0 heterocycles. The maximum absolute atomic E-state index is 10.9. The van der Waals surface area contributed by atoms with Crippen molar-refractivity contribution in [1.29, 1.82) is 0 Å². The van der Waals surface area contributed by atoms with Gasteiger partial charge in [-0.05, 0) is 13.5 Å². The lowest BCUT2D eigenvalue weighted by molar-refractivity contribution is -0.125. The Bertz CT molecular complexity index is 118. The maximum Gasteiger partial charge on any atom is 0.246 e. The molecule has 0 rings (SSSR count). The summed E-state index contributed by atoms with van der Waals surface area (Å²) in [5, 5.41) is 5.83. The number of ether oxygens (including phenoxy) is 1. The minimum absolute atomic E-state index is 0.0465. The number of carbonyl (C=O) groups excluding carboxylic acids is 1. The van der Waals surface area contributed by atoms with Crippen molar-refractivity contribution in [3.05, 3.63) is 0 Å². The van der Waals surface area contributed by atoms with Crippen molar-refractivity contribution in [2.45, 2.75) is 13.8 Å². The van der Waals surface area contributed by atoms with Crippen molar-refractivity contribution in [2.75, 3.05) is 32.8 Å². The molecular weight excluding hydrogens is 156 g/mol. The van der Waals surface area contributed by atoms with Crippen LogP contribution in [-0.4, -0.2) is 38.8 Å². The highest BCUT2D eigenvalue weighted by Gasteiger charge is 1.97. The van der Waals surface area contributed by atoms with Crippen molar-refractivity contribution in [3.63, 3.8) is 0 Å². The molecule has 0 aliphatic heterocycles. The fourth-order valence-corrected chi connectivity index (χ4v) is 0.713. The van der Waals surface area contributed by atoms with Crippen LogP contribution in [0.3, 0.4) is 0 Å². The van der Waals surface area contributed by atoms with Crippen molar-refractivity contribution >= 4 is 5.91 Å². The highest BCUT2D eigenvalue weighted by Crippen LogP contribution is 1.72. The molecule has 12 heavy (non-hydrogen) atoms. The van der Waals surface area contributed by atoms with Crippen molar-refractivity contribution in [2.24, 2.45) is 0 Å². The average Bonchev–Trinajstić information content (AvgIpc) is 2.09. The normalized spacial score (nSPS) is 9.83. The number of rotatable bonds is 7. The van der Waals surface area contributed by atoms with Crippen LogP contribution in [0.15, 0.2) is 0 Å². The van der Waals surface area contributed by atoms with Gasteiger partial charge in [-0.15, -0.1) is 0 Å². The van der Waals surface area contributed by atoms with E-state index in [1.54, 1.807) is 0 Å². The zero-order valence-electron chi connectivity index (χ0n) is 7.85. The van der Waals surface area contributed by atoms with Gasteiger partial charge in [0.1, 0.15) is 6.61 Å². The summed E-state index contributed by atoms with van der Waals surface area (Å²) in [4.78, 5) is 10.9. The highest BCUT2D eigenvalue weighted by molar-refractivity contribution is 5.77. The van der Waals surface area contributed by atoms with E-state index in [1.165, 1.54) is 0 Å². The first-order chi connectivity index (χ1) is 5.81. The van der Waals surface area contributed by atoms with Crippen molar-refractivity contribution < 1.29 is 9.53 Å². The Hall–Kier alpha value is -0.610. The molecule has 0 unspecified atom stereocenters. The molecule has 0 radical (unpaired) electrons. The Morgan fingerprint density at radius 3 is 2.67 bits per heavy atom. The first-order valence-electron chi connectivity index (χ1n) is 4.36. The lowest BCUT2D eigenvalue weighted by atomic mass is 10.5. The molecule has 0 aromatic carbocycles. The van der Waals surface area contributed by atoms with Gasteiger partial charge < -0.3 is 15.4 Å². The van der Waals surface area contributed by atoms with Gasteiger partial charge in [0.2, 0.25) is 5.91 Å². The van der Waals surface area contributed by atoms with Gasteiger partial charge >= 0.3 is 0 Å². The second kappa shape index (κ2) is 8.49. The van der Waals surface area contributed by atoms with Crippen LogP contribution in [0.4, 0.5) is 0 Å². The largest absolute Gasteiger partial charge is 0.372 e. The van der Waals surface area contributed by atoms with E-state index in [-0.39, 0.29) is 12.5 Å². The molecule has 4 heteroatoms. The van der Waals surface area contributed by atoms with Gasteiger partial charge in [0.05, 0.1) is 0 Å². The van der Waals surface area contributed by atoms with E-state index < -0.39 is 0 Å². The standard InChI is InChI=1S/C8H18N2O2/c1-3-9-5-6-10-8(11)7-12-4-2/h9H,3-7H2,1-2H3,(H,10,11). The summed E-state index contributed by atoms with van der Waals surface area (Å²) in [5.41, 5.74) is 0. The smallest absolute Gasteiger partial charge is 0.246 e. The van der Waals surface area contributed by atoms with E-state index >= 15 is 0 Å². The lowest BCUT2D eigenvalue weighted by Crippen LogP contribution is -2.34. The average molecular weight is 174 g/mol. The molecule has 0 aliphatic carbocycles. The molecule has 0 aromatic rings. The topological polar surface area (TPSA) is 50.4 Å². The summed E-state index contributed by atoms with van der Waals surface area (Å²) in [7, 11) is 0. The minimum Gasteiger partial charge on any atom is -0.372 e. The van der Waals surface area contributed by atoms with Crippen LogP contribution in [0, 0.1) is 0 Å². The summed E-state index contributed by atoms with van der Waals surface area (Å²) in [6, 6.07) is 0. The molecule has 0 aromatic heterocycles. The van der Waals surface area contributed by atoms with Crippen LogP contribution in [0.25, 0.3) is 0 Å². The summed E-state index contributed by atoms with van der Waals surface area (Å²) in [6.07, 6.45) is 0. The predicted molar refractivity (Wildman–Crippen MR) is 48.0 cm³/mol. The zero-order valence-corrected chi connectivity index (χ0v) is 7.85. The molecule has 0 bridgehead atoms. The third-order valence-corrected chi connectivity index (χ3v) is 1.31. The molecule has 2 N–H and O–H groups in total. The van der Waals surface area contributed by atoms with Gasteiger partial charge in [-0.3, -0.25) is 4.79 Å². The van der Waals surface area contributed by atoms with Crippen molar-refractivity contribution in [1.82, 2.24) is 10.6 Å². The Labute approximate surface area is 73.7 Å². The number of nitrogens with one attached hydrogen (secondary N) is 2. The molecule has 4 nitrogen and oxygen atoms in total. The molecule has 72 valence electrons. The quantitative estimate of drug-likeness (QED) is 0.523. The summed E-state index contributed by atoms with van der Waals surface area (Å²) in [5.74, 6) is -0.0465. The van der Waals surface area contributed by atoms with E-state index in [4.69, 9.17) is 4.74 Å². The molecule has 0 spiro atoms. The monoisotopic (exact) mass is 174 g/mol. The minimum atomic E-state index is -0.0465. The van der Waals surface area contributed by atoms with E-state index in [0.29, 0.717) is 13.2 Å². The Kier molecular flexibility index (Phi) is 8.05. The second-order valence-corrected chi connectivity index (χ2v) is 2.34. The van der Waals surface area contributed by atoms with Crippen LogP contribution in [-0.2, 0) is 9.53 Å². The number of carbonyl (C=O) groups is 1. The van der Waals surface area contributed by atoms with Crippen LogP contribution in [0.2, 0.25) is 0 Å². The molecule has 0 saturated heterocycles. The van der Waals surface area contributed by atoms with Gasteiger partial charge in [-0.25, -0.2) is 0 Å². The molecular formula is C8H18N2O2. The highest BCUT2D eigenvalue weighted by atomic mass is 16.5.